The Labute approximate surface area is 682 Å². The van der Waals surface area contributed by atoms with Crippen LogP contribution in [0.3, 0.4) is 0 Å². The Morgan fingerprint density at radius 3 is 1.22 bits per heavy atom. The van der Waals surface area contributed by atoms with Crippen LogP contribution >= 0.6 is 126 Å². The molecule has 0 aliphatic carbocycles. The molecular formula is C73H84Br5Cl2FN8O9S5Si2. The Morgan fingerprint density at radius 2 is 0.895 bits per heavy atom. The van der Waals surface area contributed by atoms with E-state index in [0.29, 0.717) is 68.2 Å². The predicted octanol–water partition coefficient (Wildman–Crippen LogP) is 18.8. The van der Waals surface area contributed by atoms with E-state index in [4.69, 9.17) is 57.4 Å². The summed E-state index contributed by atoms with van der Waals surface area (Å²) in [4.78, 5) is 0.917. The van der Waals surface area contributed by atoms with Crippen molar-refractivity contribution in [2.45, 2.75) is 109 Å². The van der Waals surface area contributed by atoms with Crippen LogP contribution in [0.15, 0.2) is 194 Å². The lowest BCUT2D eigenvalue weighted by Gasteiger charge is -2.42. The number of nitrogens with one attached hydrogen (secondary N) is 1. The Bertz CT molecular complexity index is 4570. The van der Waals surface area contributed by atoms with Crippen molar-refractivity contribution < 1.29 is 44.3 Å². The van der Waals surface area contributed by atoms with Gasteiger partial charge in [-0.2, -0.15) is 58.6 Å². The maximum absolute atomic E-state index is 12.8. The average Bonchev–Trinajstić information content (AvgIpc) is 0.771. The van der Waals surface area contributed by atoms with Crippen LogP contribution in [0.25, 0.3) is 0 Å². The van der Waals surface area contributed by atoms with Crippen LogP contribution in [-0.4, -0.2) is 119 Å². The summed E-state index contributed by atoms with van der Waals surface area (Å²) in [7, 11) is -9.23. The normalized spacial score (nSPS) is 13.9. The fourth-order valence-corrected chi connectivity index (χ4v) is 17.2. The maximum Gasteiger partial charge on any atom is 0.262 e. The van der Waals surface area contributed by atoms with Gasteiger partial charge in [0, 0.05) is 126 Å². The van der Waals surface area contributed by atoms with E-state index in [1.807, 2.05) is 66.7 Å². The number of aliphatic hydroxyl groups is 2. The highest BCUT2D eigenvalue weighted by atomic mass is 79.9. The van der Waals surface area contributed by atoms with Crippen LogP contribution in [0.5, 0.6) is 0 Å². The van der Waals surface area contributed by atoms with E-state index >= 15 is 0 Å². The number of thioether (sulfide) groups is 1. The van der Waals surface area contributed by atoms with Gasteiger partial charge in [-0.25, -0.2) is 29.6 Å². The molecule has 3 saturated heterocycles. The van der Waals surface area contributed by atoms with Crippen molar-refractivity contribution in [2.75, 3.05) is 59.1 Å². The van der Waals surface area contributed by atoms with Crippen molar-refractivity contribution >= 4 is 171 Å². The standard InChI is InChI=1S/C17H25BrN2O3SSi.C14H10BrNS.C11H11BrN2O3S.C7H3BrClNO2S.C7H3BrFN.C7H8S.C6H15ClSi.C4H9NO/c1-17(2,3)25(4,5)23-12-13-10-20(11-13)24(21,22)16-8-15(18)7-6-14(16)9-19;15-13-7-6-12(9-16)14(8-13)17-10-11-4-2-1-3-5-11;12-10-2-1-9(4-13)11(3-10)18(16,17)14-5-8(6-14)7-15;8-6-2-1-5(4-10)7(3-6)13(9,11)12;8-6-2-1-5(4-10)7(9)3-6;8-6-7-4-2-1-3-5-7;1-6(2,3)8(4,5)7;6-3-4-1-5-2-4/h6-8,13H,10-12H2,1-5H3;1-8H,10H2;1-3,8,15H,5-7H2;1-3H;1-3H;1-5,8H,6H2;1-5H3;4-6H,1-3H2. The summed E-state index contributed by atoms with van der Waals surface area (Å²) in [6.45, 7) is 26.3. The van der Waals surface area contributed by atoms with Gasteiger partial charge < -0.3 is 20.0 Å². The number of sulfonamides is 2. The molecule has 0 aromatic heterocycles. The topological polar surface area (TPSA) is 290 Å². The molecule has 7 aromatic carbocycles. The number of nitrogens with zero attached hydrogens (tertiary/aromatic N) is 7. The fraction of sp³-hybridized carbons (Fsp3) is 0.356. The Hall–Kier alpha value is -4.36. The summed E-state index contributed by atoms with van der Waals surface area (Å²) in [6.07, 6.45) is 0. The molecule has 564 valence electrons. The van der Waals surface area contributed by atoms with Gasteiger partial charge in [0.05, 0.1) is 27.8 Å². The number of hydrogen-bond acceptors (Lipinski definition) is 17. The van der Waals surface area contributed by atoms with Crippen molar-refractivity contribution in [3.63, 3.8) is 0 Å². The monoisotopic (exact) mass is 1920 g/mol. The first-order chi connectivity index (χ1) is 49.0. The van der Waals surface area contributed by atoms with Gasteiger partial charge in [-0.15, -0.1) is 11.8 Å². The zero-order valence-electron chi connectivity index (χ0n) is 59.4. The molecular weight excluding hydrogens is 1840 g/mol. The minimum atomic E-state index is -3.85. The van der Waals surface area contributed by atoms with Gasteiger partial charge in [0.2, 0.25) is 20.0 Å². The lowest BCUT2D eigenvalue weighted by atomic mass is 10.1. The summed E-state index contributed by atoms with van der Waals surface area (Å²) >= 11 is 28.0. The number of hydrogen-bond donors (Lipinski definition) is 4. The average molecular weight is 1920 g/mol. The van der Waals surface area contributed by atoms with E-state index in [2.05, 4.69) is 196 Å². The second-order valence-corrected chi connectivity index (χ2v) is 51.0. The second kappa shape index (κ2) is 44.5. The van der Waals surface area contributed by atoms with Gasteiger partial charge >= 0.3 is 0 Å². The molecule has 3 aliphatic heterocycles. The first-order valence-electron chi connectivity index (χ1n) is 32.1. The molecule has 3 heterocycles. The van der Waals surface area contributed by atoms with E-state index in [9.17, 15) is 34.9 Å². The first-order valence-corrected chi connectivity index (χ1v) is 49.8. The summed E-state index contributed by atoms with van der Waals surface area (Å²) in [6, 6.07) is 53.5. The minimum absolute atomic E-state index is 0.00235. The summed E-state index contributed by atoms with van der Waals surface area (Å²) in [5, 5.41) is 64.8. The van der Waals surface area contributed by atoms with Crippen LogP contribution in [0.2, 0.25) is 36.3 Å². The fourth-order valence-electron chi connectivity index (χ4n) is 7.96. The molecule has 0 radical (unpaired) electrons. The quantitative estimate of drug-likeness (QED) is 0.0259. The van der Waals surface area contributed by atoms with Gasteiger partial charge in [0.1, 0.15) is 50.8 Å². The third-order valence-corrected chi connectivity index (χ3v) is 35.4. The number of halogens is 8. The molecule has 7 aromatic rings. The number of rotatable bonds is 14. The van der Waals surface area contributed by atoms with Gasteiger partial charge in [0.15, 0.2) is 15.7 Å². The lowest BCUT2D eigenvalue weighted by Crippen LogP contribution is -2.53. The van der Waals surface area contributed by atoms with E-state index in [-0.39, 0.29) is 60.4 Å². The highest BCUT2D eigenvalue weighted by molar-refractivity contribution is 9.11. The molecule has 3 N–H and O–H groups in total. The Morgan fingerprint density at radius 1 is 0.543 bits per heavy atom. The number of aliphatic hydroxyl groups excluding tert-OH is 2. The largest absolute Gasteiger partial charge is 0.416 e. The zero-order chi connectivity index (χ0) is 79.3. The predicted molar refractivity (Wildman–Crippen MR) is 444 cm³/mol. The molecule has 0 spiro atoms. The Kier molecular flexibility index (Phi) is 40.2. The van der Waals surface area contributed by atoms with Gasteiger partial charge in [-0.3, -0.25) is 0 Å². The molecule has 105 heavy (non-hydrogen) atoms. The SMILES string of the molecule is CC(C)(C)[Si](C)(C)Cl.CC(C)(C)[Si](C)(C)OCC1CN(S(=O)(=O)c2cc(Br)ccc2C#N)C1.N#Cc1ccc(Br)cc1F.N#Cc1ccc(Br)cc1S(=O)(=O)Cl.N#Cc1ccc(Br)cc1S(=O)(=O)N1CC(CO)C1.N#Cc1ccc(Br)cc1SCc1ccccc1.OCC1CNC1.SCc1ccccc1. The highest BCUT2D eigenvalue weighted by Crippen LogP contribution is 2.40. The van der Waals surface area contributed by atoms with Crippen LogP contribution in [-0.2, 0) is 45.0 Å². The molecule has 3 fully saturated rings. The van der Waals surface area contributed by atoms with Crippen LogP contribution in [0.1, 0.15) is 80.5 Å². The summed E-state index contributed by atoms with van der Waals surface area (Å²) < 4.78 is 97.0. The van der Waals surface area contributed by atoms with E-state index < -0.39 is 50.6 Å². The molecule has 3 aliphatic rings. The molecule has 17 nitrogen and oxygen atoms in total. The lowest BCUT2D eigenvalue weighted by molar-refractivity contribution is 0.117. The third-order valence-electron chi connectivity index (χ3n) is 16.6. The van der Waals surface area contributed by atoms with Crippen LogP contribution in [0.4, 0.5) is 4.39 Å². The van der Waals surface area contributed by atoms with Gasteiger partial charge in [-0.1, -0.05) is 195 Å². The molecule has 0 saturated carbocycles. The minimum Gasteiger partial charge on any atom is -0.416 e. The van der Waals surface area contributed by atoms with E-state index in [1.54, 1.807) is 48.2 Å². The summed E-state index contributed by atoms with van der Waals surface area (Å²) in [5.41, 5.74) is 3.68. The maximum atomic E-state index is 12.8. The van der Waals surface area contributed by atoms with Crippen LogP contribution in [0, 0.1) is 80.2 Å². The van der Waals surface area contributed by atoms with Crippen molar-refractivity contribution in [3.8, 4) is 30.3 Å². The molecule has 10 rings (SSSR count). The molecule has 0 amide bonds. The van der Waals surface area contributed by atoms with Crippen LogP contribution < -0.4 is 5.32 Å². The van der Waals surface area contributed by atoms with Crippen molar-refractivity contribution in [1.82, 2.24) is 13.9 Å². The smallest absolute Gasteiger partial charge is 0.262 e. The van der Waals surface area contributed by atoms with E-state index in [1.165, 1.54) is 68.3 Å². The van der Waals surface area contributed by atoms with E-state index in [0.717, 1.165) is 39.5 Å². The number of nitriles is 5. The molecule has 32 heteroatoms. The number of thiol groups is 1. The van der Waals surface area contributed by atoms with Crippen molar-refractivity contribution in [1.29, 1.82) is 26.3 Å². The molecule has 0 unspecified atom stereocenters. The van der Waals surface area contributed by atoms with Crippen molar-refractivity contribution in [2.24, 2.45) is 17.8 Å². The second-order valence-electron chi connectivity index (χ2n) is 26.7. The first kappa shape index (κ1) is 94.8. The van der Waals surface area contributed by atoms with Gasteiger partial charge in [-0.05, 0) is 125 Å². The molecule has 0 bridgehead atoms. The summed E-state index contributed by atoms with van der Waals surface area (Å²) in [5.74, 6) is 1.99. The third kappa shape index (κ3) is 31.5. The Balaban J connectivity index is 0.000000324. The molecule has 0 atom stereocenters. The number of benzene rings is 7. The highest BCUT2D eigenvalue weighted by Gasteiger charge is 2.42. The zero-order valence-corrected chi connectivity index (χ0v) is 75.0. The van der Waals surface area contributed by atoms with Crippen molar-refractivity contribution in [3.05, 3.63) is 219 Å². The van der Waals surface area contributed by atoms with Gasteiger partial charge in [0.25, 0.3) is 9.05 Å².